The molecule has 0 aliphatic rings. The number of aromatic nitrogens is 2. The maximum atomic E-state index is 5.59. The van der Waals surface area contributed by atoms with Crippen LogP contribution in [0.25, 0.3) is 0 Å². The standard InChI is InChI=1S/C8H15N3/c1-3-7-6(5-9)8(4-2)11-10-7/h3-5,9H2,1-2H3,(H,10,11). The van der Waals surface area contributed by atoms with Crippen molar-refractivity contribution in [3.05, 3.63) is 17.0 Å². The van der Waals surface area contributed by atoms with E-state index < -0.39 is 0 Å². The fourth-order valence-electron chi connectivity index (χ4n) is 1.27. The van der Waals surface area contributed by atoms with Crippen molar-refractivity contribution in [3.8, 4) is 0 Å². The van der Waals surface area contributed by atoms with Crippen molar-refractivity contribution >= 4 is 0 Å². The molecule has 3 N–H and O–H groups in total. The van der Waals surface area contributed by atoms with Crippen molar-refractivity contribution in [2.45, 2.75) is 33.2 Å². The summed E-state index contributed by atoms with van der Waals surface area (Å²) < 4.78 is 0. The molecule has 11 heavy (non-hydrogen) atoms. The Morgan fingerprint density at radius 1 is 1.36 bits per heavy atom. The molecule has 0 spiro atoms. The fourth-order valence-corrected chi connectivity index (χ4v) is 1.27. The maximum Gasteiger partial charge on any atom is 0.0667 e. The second kappa shape index (κ2) is 3.53. The van der Waals surface area contributed by atoms with Crippen molar-refractivity contribution in [2.24, 2.45) is 5.73 Å². The predicted molar refractivity (Wildman–Crippen MR) is 45.2 cm³/mol. The van der Waals surface area contributed by atoms with Crippen LogP contribution >= 0.6 is 0 Å². The van der Waals surface area contributed by atoms with Crippen LogP contribution in [0.1, 0.15) is 30.8 Å². The lowest BCUT2D eigenvalue weighted by molar-refractivity contribution is 0.936. The second-order valence-electron chi connectivity index (χ2n) is 2.54. The van der Waals surface area contributed by atoms with Gasteiger partial charge in [0.05, 0.1) is 5.69 Å². The van der Waals surface area contributed by atoms with E-state index in [9.17, 15) is 0 Å². The molecule has 0 saturated carbocycles. The van der Waals surface area contributed by atoms with Crippen molar-refractivity contribution in [2.75, 3.05) is 0 Å². The number of nitrogens with zero attached hydrogens (tertiary/aromatic N) is 1. The lowest BCUT2D eigenvalue weighted by atomic mass is 10.1. The van der Waals surface area contributed by atoms with Gasteiger partial charge in [-0.3, -0.25) is 5.10 Å². The summed E-state index contributed by atoms with van der Waals surface area (Å²) in [6.07, 6.45) is 1.95. The van der Waals surface area contributed by atoms with Crippen LogP contribution in [0.3, 0.4) is 0 Å². The van der Waals surface area contributed by atoms with Gasteiger partial charge in [-0.15, -0.1) is 0 Å². The van der Waals surface area contributed by atoms with E-state index in [0.29, 0.717) is 6.54 Å². The van der Waals surface area contributed by atoms with Crippen molar-refractivity contribution in [1.82, 2.24) is 10.2 Å². The molecule has 62 valence electrons. The average molecular weight is 153 g/mol. The number of nitrogens with one attached hydrogen (secondary N) is 1. The van der Waals surface area contributed by atoms with Crippen LogP contribution < -0.4 is 5.73 Å². The Hall–Kier alpha value is -0.830. The van der Waals surface area contributed by atoms with Crippen LogP contribution in [0, 0.1) is 0 Å². The van der Waals surface area contributed by atoms with Gasteiger partial charge >= 0.3 is 0 Å². The zero-order chi connectivity index (χ0) is 8.27. The molecule has 0 atom stereocenters. The number of nitrogens with two attached hydrogens (primary N) is 1. The van der Waals surface area contributed by atoms with E-state index in [1.165, 1.54) is 11.3 Å². The SMILES string of the molecule is CCc1n[nH]c(CC)c1CN. The quantitative estimate of drug-likeness (QED) is 0.680. The van der Waals surface area contributed by atoms with E-state index in [-0.39, 0.29) is 0 Å². The molecule has 0 aliphatic heterocycles. The molecule has 0 fully saturated rings. The molecule has 1 heterocycles. The molecule has 0 amide bonds. The van der Waals surface area contributed by atoms with Crippen LogP contribution in [0.4, 0.5) is 0 Å². The van der Waals surface area contributed by atoms with Gasteiger partial charge in [0.1, 0.15) is 0 Å². The molecule has 1 aromatic rings. The van der Waals surface area contributed by atoms with E-state index in [1.54, 1.807) is 0 Å². The molecule has 0 saturated heterocycles. The minimum Gasteiger partial charge on any atom is -0.326 e. The third-order valence-electron chi connectivity index (χ3n) is 1.93. The summed E-state index contributed by atoms with van der Waals surface area (Å²) in [5, 5.41) is 7.17. The molecular formula is C8H15N3. The average Bonchev–Trinajstić information content (AvgIpc) is 2.45. The molecule has 0 radical (unpaired) electrons. The third-order valence-corrected chi connectivity index (χ3v) is 1.93. The summed E-state index contributed by atoms with van der Waals surface area (Å²) >= 11 is 0. The normalized spacial score (nSPS) is 10.5. The molecule has 0 aliphatic carbocycles. The first-order valence-electron chi connectivity index (χ1n) is 4.08. The summed E-state index contributed by atoms with van der Waals surface area (Å²) in [6, 6.07) is 0. The van der Waals surface area contributed by atoms with E-state index in [0.717, 1.165) is 18.5 Å². The Morgan fingerprint density at radius 3 is 2.55 bits per heavy atom. The predicted octanol–water partition coefficient (Wildman–Crippen LogP) is 0.993. The Labute approximate surface area is 67.0 Å². The molecule has 0 unspecified atom stereocenters. The Bertz CT molecular complexity index is 206. The summed E-state index contributed by atoms with van der Waals surface area (Å²) in [6.45, 7) is 4.80. The second-order valence-corrected chi connectivity index (χ2v) is 2.54. The van der Waals surface area contributed by atoms with Crippen molar-refractivity contribution < 1.29 is 0 Å². The zero-order valence-electron chi connectivity index (χ0n) is 7.15. The van der Waals surface area contributed by atoms with E-state index in [4.69, 9.17) is 5.73 Å². The summed E-state index contributed by atoms with van der Waals surface area (Å²) in [5.41, 5.74) is 9.09. The molecule has 3 nitrogen and oxygen atoms in total. The van der Waals surface area contributed by atoms with Crippen LogP contribution in [-0.2, 0) is 19.4 Å². The van der Waals surface area contributed by atoms with Crippen molar-refractivity contribution in [3.63, 3.8) is 0 Å². The smallest absolute Gasteiger partial charge is 0.0667 e. The van der Waals surface area contributed by atoms with Gasteiger partial charge in [-0.1, -0.05) is 13.8 Å². The number of aryl methyl sites for hydroxylation is 2. The minimum absolute atomic E-state index is 0.600. The fraction of sp³-hybridized carbons (Fsp3) is 0.625. The Morgan fingerprint density at radius 2 is 2.09 bits per heavy atom. The highest BCUT2D eigenvalue weighted by molar-refractivity contribution is 5.24. The topological polar surface area (TPSA) is 54.7 Å². The van der Waals surface area contributed by atoms with Gasteiger partial charge in [0.25, 0.3) is 0 Å². The lowest BCUT2D eigenvalue weighted by Gasteiger charge is -1.97. The van der Waals surface area contributed by atoms with E-state index >= 15 is 0 Å². The highest BCUT2D eigenvalue weighted by Gasteiger charge is 2.07. The van der Waals surface area contributed by atoms with Gasteiger partial charge in [0.15, 0.2) is 0 Å². The van der Waals surface area contributed by atoms with Gasteiger partial charge in [0, 0.05) is 17.8 Å². The van der Waals surface area contributed by atoms with E-state index in [1.807, 2.05) is 0 Å². The van der Waals surface area contributed by atoms with Crippen LogP contribution in [0.2, 0.25) is 0 Å². The monoisotopic (exact) mass is 153 g/mol. The van der Waals surface area contributed by atoms with Gasteiger partial charge in [-0.2, -0.15) is 5.10 Å². The van der Waals surface area contributed by atoms with Crippen molar-refractivity contribution in [1.29, 1.82) is 0 Å². The van der Waals surface area contributed by atoms with Gasteiger partial charge in [0.2, 0.25) is 0 Å². The Balaban J connectivity index is 2.99. The number of aromatic amines is 1. The number of H-pyrrole nitrogens is 1. The van der Waals surface area contributed by atoms with Crippen LogP contribution in [0.15, 0.2) is 0 Å². The van der Waals surface area contributed by atoms with Gasteiger partial charge in [-0.05, 0) is 12.8 Å². The number of hydrogen-bond donors (Lipinski definition) is 2. The van der Waals surface area contributed by atoms with Crippen LogP contribution in [0.5, 0.6) is 0 Å². The largest absolute Gasteiger partial charge is 0.326 e. The summed E-state index contributed by atoms with van der Waals surface area (Å²) in [5.74, 6) is 0. The summed E-state index contributed by atoms with van der Waals surface area (Å²) in [4.78, 5) is 0. The highest BCUT2D eigenvalue weighted by atomic mass is 15.1. The molecule has 0 aromatic carbocycles. The molecule has 1 aromatic heterocycles. The molecular weight excluding hydrogens is 138 g/mol. The van der Waals surface area contributed by atoms with Crippen LogP contribution in [-0.4, -0.2) is 10.2 Å². The first kappa shape index (κ1) is 8.27. The molecule has 0 bridgehead atoms. The number of hydrogen-bond acceptors (Lipinski definition) is 2. The van der Waals surface area contributed by atoms with Gasteiger partial charge < -0.3 is 5.73 Å². The van der Waals surface area contributed by atoms with E-state index in [2.05, 4.69) is 24.0 Å². The first-order valence-corrected chi connectivity index (χ1v) is 4.08. The highest BCUT2D eigenvalue weighted by Crippen LogP contribution is 2.11. The first-order chi connectivity index (χ1) is 5.33. The molecule has 1 rings (SSSR count). The third kappa shape index (κ3) is 1.43. The molecule has 3 heteroatoms. The maximum absolute atomic E-state index is 5.59. The minimum atomic E-state index is 0.600. The Kier molecular flexibility index (Phi) is 2.65. The lowest BCUT2D eigenvalue weighted by Crippen LogP contribution is -2.01. The van der Waals surface area contributed by atoms with Gasteiger partial charge in [-0.25, -0.2) is 0 Å². The zero-order valence-corrected chi connectivity index (χ0v) is 7.15. The summed E-state index contributed by atoms with van der Waals surface area (Å²) in [7, 11) is 0. The number of rotatable bonds is 3.